The van der Waals surface area contributed by atoms with Crippen LogP contribution < -0.4 is 0 Å². The fraction of sp³-hybridized carbons (Fsp3) is 0.0833. The molecule has 0 saturated heterocycles. The highest BCUT2D eigenvalue weighted by Gasteiger charge is 2.16. The van der Waals surface area contributed by atoms with Gasteiger partial charge in [-0.3, -0.25) is 4.79 Å². The first-order valence-electron chi connectivity index (χ1n) is 4.74. The third-order valence-corrected chi connectivity index (χ3v) is 3.91. The van der Waals surface area contributed by atoms with Crippen LogP contribution in [0.3, 0.4) is 0 Å². The first kappa shape index (κ1) is 12.9. The first-order valence-corrected chi connectivity index (χ1v) is 6.69. The van der Waals surface area contributed by atoms with E-state index in [2.05, 4.69) is 0 Å². The van der Waals surface area contributed by atoms with Crippen molar-refractivity contribution < 1.29 is 4.79 Å². The van der Waals surface area contributed by atoms with Crippen molar-refractivity contribution in [3.63, 3.8) is 0 Å². The van der Waals surface area contributed by atoms with Crippen molar-refractivity contribution in [3.05, 3.63) is 54.7 Å². The third-order valence-electron chi connectivity index (χ3n) is 2.21. The Labute approximate surface area is 118 Å². The van der Waals surface area contributed by atoms with E-state index in [-0.39, 0.29) is 5.78 Å². The summed E-state index contributed by atoms with van der Waals surface area (Å²) >= 11 is 18.9. The molecule has 0 bridgehead atoms. The molecule has 2 rings (SSSR count). The summed E-state index contributed by atoms with van der Waals surface area (Å²) in [6.45, 7) is 1.88. The van der Waals surface area contributed by atoms with Gasteiger partial charge in [0, 0.05) is 10.6 Å². The summed E-state index contributed by atoms with van der Waals surface area (Å²) in [5.41, 5.74) is 1.87. The number of carbonyl (C=O) groups excluding carboxylic acids is 1. The molecule has 0 N–H and O–H groups in total. The van der Waals surface area contributed by atoms with Gasteiger partial charge in [-0.05, 0) is 36.8 Å². The number of thiophene rings is 1. The molecule has 0 atom stereocenters. The monoisotopic (exact) mass is 304 g/mol. The van der Waals surface area contributed by atoms with E-state index in [1.165, 1.54) is 11.3 Å². The number of ketones is 1. The second kappa shape index (κ2) is 4.99. The molecule has 1 nitrogen and oxygen atoms in total. The van der Waals surface area contributed by atoms with Crippen LogP contribution in [0.25, 0.3) is 0 Å². The van der Waals surface area contributed by atoms with Crippen LogP contribution in [0, 0.1) is 6.92 Å². The van der Waals surface area contributed by atoms with Crippen LogP contribution in [0.5, 0.6) is 0 Å². The zero-order valence-electron chi connectivity index (χ0n) is 8.76. The predicted molar refractivity (Wildman–Crippen MR) is 74.0 cm³/mol. The van der Waals surface area contributed by atoms with E-state index in [1.807, 2.05) is 6.92 Å². The van der Waals surface area contributed by atoms with Gasteiger partial charge in [0.25, 0.3) is 0 Å². The minimum atomic E-state index is -0.163. The molecule has 1 aromatic heterocycles. The molecular weight excluding hydrogens is 299 g/mol. The Bertz CT molecular complexity index is 569. The lowest BCUT2D eigenvalue weighted by Gasteiger charge is -2.02. The van der Waals surface area contributed by atoms with Crippen LogP contribution in [-0.2, 0) is 0 Å². The Morgan fingerprint density at radius 3 is 2.35 bits per heavy atom. The number of halogens is 3. The maximum atomic E-state index is 12.2. The van der Waals surface area contributed by atoms with Crippen LogP contribution in [0.15, 0.2) is 24.3 Å². The Morgan fingerprint density at radius 1 is 1.12 bits per heavy atom. The van der Waals surface area contributed by atoms with Gasteiger partial charge in [-0.25, -0.2) is 0 Å². The lowest BCUT2D eigenvalue weighted by molar-refractivity contribution is 0.103. The quantitative estimate of drug-likeness (QED) is 0.693. The minimum absolute atomic E-state index is 0.163. The van der Waals surface area contributed by atoms with Crippen LogP contribution in [0.1, 0.15) is 21.5 Å². The lowest BCUT2D eigenvalue weighted by Crippen LogP contribution is -2.00. The SMILES string of the molecule is Cc1cc(Cl)cc(C(=O)c2cc(Cl)sc2Cl)c1. The molecule has 0 radical (unpaired) electrons. The van der Waals surface area contributed by atoms with Crippen molar-refractivity contribution in [2.75, 3.05) is 0 Å². The second-order valence-electron chi connectivity index (χ2n) is 3.58. The van der Waals surface area contributed by atoms with Crippen molar-refractivity contribution in [2.45, 2.75) is 6.92 Å². The van der Waals surface area contributed by atoms with Gasteiger partial charge in [0.1, 0.15) is 4.34 Å². The first-order chi connectivity index (χ1) is 7.97. The summed E-state index contributed by atoms with van der Waals surface area (Å²) in [5, 5.41) is 0.533. The van der Waals surface area contributed by atoms with Gasteiger partial charge in [0.2, 0.25) is 0 Å². The molecule has 0 amide bonds. The molecule has 0 fully saturated rings. The van der Waals surface area contributed by atoms with Crippen molar-refractivity contribution >= 4 is 51.9 Å². The predicted octanol–water partition coefficient (Wildman–Crippen LogP) is 5.25. The highest BCUT2D eigenvalue weighted by atomic mass is 35.5. The third kappa shape index (κ3) is 2.83. The average Bonchev–Trinajstić information content (AvgIpc) is 2.55. The Morgan fingerprint density at radius 2 is 1.82 bits per heavy atom. The molecule has 0 saturated carbocycles. The topological polar surface area (TPSA) is 17.1 Å². The van der Waals surface area contributed by atoms with E-state index in [0.717, 1.165) is 5.56 Å². The van der Waals surface area contributed by atoms with E-state index >= 15 is 0 Å². The van der Waals surface area contributed by atoms with Gasteiger partial charge >= 0.3 is 0 Å². The molecule has 88 valence electrons. The van der Waals surface area contributed by atoms with Gasteiger partial charge < -0.3 is 0 Å². The number of rotatable bonds is 2. The fourth-order valence-electron chi connectivity index (χ4n) is 1.52. The zero-order chi connectivity index (χ0) is 12.6. The van der Waals surface area contributed by atoms with Crippen LogP contribution in [0.4, 0.5) is 0 Å². The van der Waals surface area contributed by atoms with Gasteiger partial charge in [-0.1, -0.05) is 34.8 Å². The zero-order valence-corrected chi connectivity index (χ0v) is 11.8. The van der Waals surface area contributed by atoms with E-state index in [0.29, 0.717) is 24.8 Å². The van der Waals surface area contributed by atoms with E-state index in [4.69, 9.17) is 34.8 Å². The van der Waals surface area contributed by atoms with E-state index < -0.39 is 0 Å². The lowest BCUT2D eigenvalue weighted by atomic mass is 10.0. The van der Waals surface area contributed by atoms with Gasteiger partial charge in [0.05, 0.1) is 9.90 Å². The number of hydrogen-bond acceptors (Lipinski definition) is 2. The molecule has 0 aliphatic carbocycles. The maximum Gasteiger partial charge on any atom is 0.195 e. The number of benzene rings is 1. The summed E-state index contributed by atoms with van der Waals surface area (Å²) in [5.74, 6) is -0.163. The minimum Gasteiger partial charge on any atom is -0.289 e. The van der Waals surface area contributed by atoms with Crippen LogP contribution >= 0.6 is 46.1 Å². The standard InChI is InChI=1S/C12H7Cl3OS/c1-6-2-7(4-8(13)3-6)11(16)9-5-10(14)17-12(9)15/h2-5H,1H3. The molecule has 0 unspecified atom stereocenters. The Kier molecular flexibility index (Phi) is 3.79. The normalized spacial score (nSPS) is 10.6. The average molecular weight is 306 g/mol. The molecule has 0 spiro atoms. The highest BCUT2D eigenvalue weighted by Crippen LogP contribution is 2.33. The van der Waals surface area contributed by atoms with Gasteiger partial charge in [-0.2, -0.15) is 0 Å². The number of hydrogen-bond donors (Lipinski definition) is 0. The largest absolute Gasteiger partial charge is 0.289 e. The van der Waals surface area contributed by atoms with Crippen molar-refractivity contribution in [3.8, 4) is 0 Å². The number of aryl methyl sites for hydroxylation is 1. The van der Waals surface area contributed by atoms with Crippen molar-refractivity contribution in [1.29, 1.82) is 0 Å². The molecule has 1 aromatic carbocycles. The summed E-state index contributed by atoms with van der Waals surface area (Å²) in [6.07, 6.45) is 0. The fourth-order valence-corrected chi connectivity index (χ4v) is 3.27. The molecular formula is C12H7Cl3OS. The molecule has 5 heteroatoms. The highest BCUT2D eigenvalue weighted by molar-refractivity contribution is 7.20. The van der Waals surface area contributed by atoms with Crippen LogP contribution in [-0.4, -0.2) is 5.78 Å². The van der Waals surface area contributed by atoms with Gasteiger partial charge in [0.15, 0.2) is 5.78 Å². The molecule has 0 aliphatic heterocycles. The van der Waals surface area contributed by atoms with E-state index in [9.17, 15) is 4.79 Å². The molecule has 1 heterocycles. The molecule has 2 aromatic rings. The summed E-state index contributed by atoms with van der Waals surface area (Å²) in [4.78, 5) is 12.2. The van der Waals surface area contributed by atoms with Crippen molar-refractivity contribution in [1.82, 2.24) is 0 Å². The molecule has 17 heavy (non-hydrogen) atoms. The second-order valence-corrected chi connectivity index (χ2v) is 6.31. The van der Waals surface area contributed by atoms with Crippen molar-refractivity contribution in [2.24, 2.45) is 0 Å². The summed E-state index contributed by atoms with van der Waals surface area (Å²) in [7, 11) is 0. The summed E-state index contributed by atoms with van der Waals surface area (Å²) in [6, 6.07) is 6.77. The maximum absolute atomic E-state index is 12.2. The van der Waals surface area contributed by atoms with Gasteiger partial charge in [-0.15, -0.1) is 11.3 Å². The van der Waals surface area contributed by atoms with Crippen LogP contribution in [0.2, 0.25) is 13.7 Å². The molecule has 0 aliphatic rings. The number of carbonyl (C=O) groups is 1. The van der Waals surface area contributed by atoms with E-state index in [1.54, 1.807) is 24.3 Å². The Balaban J connectivity index is 2.47. The Hall–Kier alpha value is -0.540. The smallest absolute Gasteiger partial charge is 0.195 e. The summed E-state index contributed by atoms with van der Waals surface area (Å²) < 4.78 is 0.898.